The number of ether oxygens (including phenoxy) is 1. The van der Waals surface area contributed by atoms with Gasteiger partial charge in [0.25, 0.3) is 0 Å². The van der Waals surface area contributed by atoms with Gasteiger partial charge in [-0.05, 0) is 50.8 Å². The van der Waals surface area contributed by atoms with Crippen LogP contribution in [0.1, 0.15) is 37.0 Å². The van der Waals surface area contributed by atoms with Crippen LogP contribution in [0.5, 0.6) is 0 Å². The summed E-state index contributed by atoms with van der Waals surface area (Å²) in [5.41, 5.74) is 3.49. The van der Waals surface area contributed by atoms with Crippen LogP contribution in [0.25, 0.3) is 0 Å². The molecular weight excluding hydrogens is 212 g/mol. The summed E-state index contributed by atoms with van der Waals surface area (Å²) in [5.74, 6) is 0. The van der Waals surface area contributed by atoms with Gasteiger partial charge in [-0.3, -0.25) is 0 Å². The third kappa shape index (κ3) is 4.49. The highest BCUT2D eigenvalue weighted by Gasteiger charge is 2.21. The Hall–Kier alpha value is -0.860. The molecule has 0 heterocycles. The molecule has 1 N–H and O–H groups in total. The predicted octanol–water partition coefficient (Wildman–Crippen LogP) is 3.02. The zero-order valence-electron chi connectivity index (χ0n) is 11.6. The fourth-order valence-corrected chi connectivity index (χ4v) is 1.93. The third-order valence-electron chi connectivity index (χ3n) is 3.32. The summed E-state index contributed by atoms with van der Waals surface area (Å²) in [7, 11) is 1.68. The minimum Gasteiger partial charge on any atom is -0.393 e. The molecule has 1 rings (SSSR count). The van der Waals surface area contributed by atoms with Crippen LogP contribution < -0.4 is 0 Å². The molecule has 0 aliphatic heterocycles. The Morgan fingerprint density at radius 2 is 1.88 bits per heavy atom. The summed E-state index contributed by atoms with van der Waals surface area (Å²) >= 11 is 0. The molecule has 2 nitrogen and oxygen atoms in total. The van der Waals surface area contributed by atoms with Crippen molar-refractivity contribution in [3.8, 4) is 0 Å². The van der Waals surface area contributed by atoms with Gasteiger partial charge >= 0.3 is 0 Å². The topological polar surface area (TPSA) is 29.5 Å². The van der Waals surface area contributed by atoms with E-state index in [1.54, 1.807) is 7.11 Å². The van der Waals surface area contributed by atoms with Gasteiger partial charge in [0.1, 0.15) is 0 Å². The Morgan fingerprint density at radius 3 is 2.41 bits per heavy atom. The van der Waals surface area contributed by atoms with E-state index in [4.69, 9.17) is 4.74 Å². The minimum absolute atomic E-state index is 0.265. The van der Waals surface area contributed by atoms with E-state index in [0.29, 0.717) is 12.8 Å². The first kappa shape index (κ1) is 14.2. The van der Waals surface area contributed by atoms with Gasteiger partial charge in [-0.2, -0.15) is 0 Å². The summed E-state index contributed by atoms with van der Waals surface area (Å²) in [6.45, 7) is 8.20. The molecule has 0 amide bonds. The Labute approximate surface area is 105 Å². The van der Waals surface area contributed by atoms with E-state index in [1.165, 1.54) is 16.7 Å². The van der Waals surface area contributed by atoms with Crippen molar-refractivity contribution in [1.29, 1.82) is 0 Å². The van der Waals surface area contributed by atoms with Crippen LogP contribution in [-0.2, 0) is 11.2 Å². The lowest BCUT2D eigenvalue weighted by atomic mass is 9.95. The molecule has 0 saturated carbocycles. The molecule has 1 aromatic rings. The lowest BCUT2D eigenvalue weighted by Gasteiger charge is -2.26. The molecular formula is C15H24O2. The van der Waals surface area contributed by atoms with Gasteiger partial charge in [0.15, 0.2) is 0 Å². The molecule has 0 aliphatic rings. The minimum atomic E-state index is -0.355. The number of hydrogen-bond donors (Lipinski definition) is 1. The summed E-state index contributed by atoms with van der Waals surface area (Å²) in [6.07, 6.45) is 0.983. The maximum absolute atomic E-state index is 10.0. The highest BCUT2D eigenvalue weighted by atomic mass is 16.5. The zero-order chi connectivity index (χ0) is 13.1. The van der Waals surface area contributed by atoms with Crippen molar-refractivity contribution in [3.05, 3.63) is 34.9 Å². The average Bonchev–Trinajstić information content (AvgIpc) is 2.23. The smallest absolute Gasteiger partial charge is 0.0647 e. The van der Waals surface area contributed by atoms with E-state index in [-0.39, 0.29) is 11.7 Å². The molecule has 0 spiro atoms. The standard InChI is InChI=1S/C15H24O2/c1-11-6-7-13(8-12(11)2)9-14(16)10-15(3,4)17-5/h6-8,14,16H,9-10H2,1-5H3. The van der Waals surface area contributed by atoms with Gasteiger partial charge in [-0.15, -0.1) is 0 Å². The van der Waals surface area contributed by atoms with Crippen molar-refractivity contribution in [2.45, 2.75) is 52.2 Å². The monoisotopic (exact) mass is 236 g/mol. The van der Waals surface area contributed by atoms with Crippen molar-refractivity contribution in [2.75, 3.05) is 7.11 Å². The number of rotatable bonds is 5. The Balaban J connectivity index is 2.62. The molecule has 96 valence electrons. The van der Waals surface area contributed by atoms with E-state index < -0.39 is 0 Å². The lowest BCUT2D eigenvalue weighted by molar-refractivity contribution is -0.0190. The molecule has 0 saturated heterocycles. The van der Waals surface area contributed by atoms with Crippen LogP contribution in [0.3, 0.4) is 0 Å². The largest absolute Gasteiger partial charge is 0.393 e. The Kier molecular flexibility index (Phi) is 4.72. The molecule has 17 heavy (non-hydrogen) atoms. The third-order valence-corrected chi connectivity index (χ3v) is 3.32. The second-order valence-electron chi connectivity index (χ2n) is 5.44. The van der Waals surface area contributed by atoms with Crippen LogP contribution in [0, 0.1) is 13.8 Å². The van der Waals surface area contributed by atoms with Gasteiger partial charge in [-0.25, -0.2) is 0 Å². The Morgan fingerprint density at radius 1 is 1.24 bits per heavy atom. The van der Waals surface area contributed by atoms with E-state index in [0.717, 1.165) is 0 Å². The fourth-order valence-electron chi connectivity index (χ4n) is 1.93. The number of aliphatic hydroxyl groups is 1. The Bertz CT molecular complexity index is 369. The van der Waals surface area contributed by atoms with Crippen molar-refractivity contribution in [3.63, 3.8) is 0 Å². The lowest BCUT2D eigenvalue weighted by Crippen LogP contribution is -2.29. The summed E-state index contributed by atoms with van der Waals surface area (Å²) in [4.78, 5) is 0. The molecule has 0 aromatic heterocycles. The van der Waals surface area contributed by atoms with Crippen molar-refractivity contribution in [1.82, 2.24) is 0 Å². The number of aliphatic hydroxyl groups excluding tert-OH is 1. The predicted molar refractivity (Wildman–Crippen MR) is 71.3 cm³/mol. The van der Waals surface area contributed by atoms with Gasteiger partial charge in [-0.1, -0.05) is 18.2 Å². The van der Waals surface area contributed by atoms with Gasteiger partial charge in [0.05, 0.1) is 11.7 Å². The first-order valence-electron chi connectivity index (χ1n) is 6.13. The van der Waals surface area contributed by atoms with Gasteiger partial charge < -0.3 is 9.84 Å². The highest BCUT2D eigenvalue weighted by molar-refractivity contribution is 5.30. The van der Waals surface area contributed by atoms with Gasteiger partial charge in [0, 0.05) is 13.5 Å². The molecule has 0 radical (unpaired) electrons. The van der Waals surface area contributed by atoms with Crippen molar-refractivity contribution in [2.24, 2.45) is 0 Å². The summed E-state index contributed by atoms with van der Waals surface area (Å²) < 4.78 is 5.33. The zero-order valence-corrected chi connectivity index (χ0v) is 11.6. The number of hydrogen-bond acceptors (Lipinski definition) is 2. The number of methoxy groups -OCH3 is 1. The maximum atomic E-state index is 10.0. The van der Waals surface area contributed by atoms with E-state index in [9.17, 15) is 5.11 Å². The number of benzene rings is 1. The number of aryl methyl sites for hydroxylation is 2. The second kappa shape index (κ2) is 5.65. The molecule has 1 atom stereocenters. The fraction of sp³-hybridized carbons (Fsp3) is 0.600. The molecule has 1 unspecified atom stereocenters. The molecule has 2 heteroatoms. The summed E-state index contributed by atoms with van der Waals surface area (Å²) in [6, 6.07) is 6.35. The van der Waals surface area contributed by atoms with Gasteiger partial charge in [0.2, 0.25) is 0 Å². The molecule has 0 bridgehead atoms. The maximum Gasteiger partial charge on any atom is 0.0647 e. The average molecular weight is 236 g/mol. The van der Waals surface area contributed by atoms with E-state index in [2.05, 4.69) is 32.0 Å². The molecule has 0 aliphatic carbocycles. The first-order valence-corrected chi connectivity index (χ1v) is 6.13. The van der Waals surface area contributed by atoms with Crippen LogP contribution >= 0.6 is 0 Å². The quantitative estimate of drug-likeness (QED) is 0.851. The van der Waals surface area contributed by atoms with Crippen LogP contribution in [-0.4, -0.2) is 23.9 Å². The highest BCUT2D eigenvalue weighted by Crippen LogP contribution is 2.19. The van der Waals surface area contributed by atoms with E-state index in [1.807, 2.05) is 13.8 Å². The molecule has 1 aromatic carbocycles. The first-order chi connectivity index (χ1) is 7.84. The molecule has 0 fully saturated rings. The summed E-state index contributed by atoms with van der Waals surface area (Å²) in [5, 5.41) is 10.0. The van der Waals surface area contributed by atoms with Crippen molar-refractivity contribution >= 4 is 0 Å². The van der Waals surface area contributed by atoms with Crippen molar-refractivity contribution < 1.29 is 9.84 Å². The SMILES string of the molecule is COC(C)(C)CC(O)Cc1ccc(C)c(C)c1. The second-order valence-corrected chi connectivity index (χ2v) is 5.44. The normalized spacial score (nSPS) is 13.8. The van der Waals surface area contributed by atoms with E-state index >= 15 is 0 Å². The van der Waals surface area contributed by atoms with Crippen LogP contribution in [0.15, 0.2) is 18.2 Å². The van der Waals surface area contributed by atoms with Crippen LogP contribution in [0.2, 0.25) is 0 Å². The van der Waals surface area contributed by atoms with Crippen LogP contribution in [0.4, 0.5) is 0 Å².